The molecule has 0 aliphatic carbocycles. The maximum Gasteiger partial charge on any atom is 0.247 e. The van der Waals surface area contributed by atoms with Gasteiger partial charge in [0.2, 0.25) is 11.8 Å². The fraction of sp³-hybridized carbons (Fsp3) is 0.417. The first-order valence-corrected chi connectivity index (χ1v) is 12.1. The van der Waals surface area contributed by atoms with E-state index in [0.717, 1.165) is 10.8 Å². The van der Waals surface area contributed by atoms with E-state index in [1.54, 1.807) is 7.05 Å². The average Bonchev–Trinajstić information content (AvgIpc) is 2.96. The van der Waals surface area contributed by atoms with Gasteiger partial charge in [-0.25, -0.2) is 5.06 Å². The lowest BCUT2D eigenvalue weighted by Crippen LogP contribution is -2.49. The van der Waals surface area contributed by atoms with Gasteiger partial charge < -0.3 is 10.2 Å². The third-order valence-electron chi connectivity index (χ3n) is 5.79. The van der Waals surface area contributed by atoms with Crippen LogP contribution in [0.25, 0.3) is 0 Å². The van der Waals surface area contributed by atoms with Crippen LogP contribution in [0.15, 0.2) is 60.7 Å². The summed E-state index contributed by atoms with van der Waals surface area (Å²) >= 11 is 2.33. The molecular weight excluding hydrogens is 505 g/mol. The molecule has 0 aromatic heterocycles. The van der Waals surface area contributed by atoms with Crippen molar-refractivity contribution in [2.24, 2.45) is 0 Å². The molecule has 1 fully saturated rings. The number of hydrogen-bond acceptors (Lipinski definition) is 4. The van der Waals surface area contributed by atoms with Crippen molar-refractivity contribution in [2.45, 2.75) is 30.8 Å². The number of carbonyl (C=O) groups excluding carboxylic acids is 2. The molecule has 0 bridgehead atoms. The Bertz CT molecular complexity index is 810. The highest BCUT2D eigenvalue weighted by atomic mass is 127. The quantitative estimate of drug-likeness (QED) is 0.321. The van der Waals surface area contributed by atoms with Gasteiger partial charge >= 0.3 is 0 Å². The smallest absolute Gasteiger partial charge is 0.247 e. The van der Waals surface area contributed by atoms with E-state index in [2.05, 4.69) is 52.2 Å². The normalized spacial score (nSPS) is 19.4. The molecular formula is C24H30IN3O3. The molecule has 3 rings (SSSR count). The van der Waals surface area contributed by atoms with Gasteiger partial charge in [-0.1, -0.05) is 83.3 Å². The minimum Gasteiger partial charge on any atom is -0.340 e. The van der Waals surface area contributed by atoms with Crippen LogP contribution in [0.2, 0.25) is 0 Å². The zero-order chi connectivity index (χ0) is 22.2. The topological polar surface area (TPSA) is 61.9 Å². The van der Waals surface area contributed by atoms with Crippen LogP contribution in [0, 0.1) is 0 Å². The molecule has 31 heavy (non-hydrogen) atoms. The van der Waals surface area contributed by atoms with Crippen LogP contribution in [0.1, 0.15) is 29.9 Å². The number of hydrogen-bond donors (Lipinski definition) is 1. The van der Waals surface area contributed by atoms with Crippen LogP contribution < -0.4 is 5.32 Å². The molecule has 2 aromatic carbocycles. The molecule has 1 saturated heterocycles. The molecule has 2 aromatic rings. The Balaban J connectivity index is 1.85. The Hall–Kier alpha value is -1.97. The van der Waals surface area contributed by atoms with Crippen LogP contribution in [0.5, 0.6) is 0 Å². The van der Waals surface area contributed by atoms with Gasteiger partial charge in [-0.3, -0.25) is 14.4 Å². The Labute approximate surface area is 198 Å². The number of rotatable bonds is 8. The predicted octanol–water partition coefficient (Wildman–Crippen LogP) is 3.22. The fourth-order valence-electron chi connectivity index (χ4n) is 3.93. The predicted molar refractivity (Wildman–Crippen MR) is 130 cm³/mol. The highest BCUT2D eigenvalue weighted by Gasteiger charge is 2.34. The number of nitrogens with one attached hydrogen (secondary N) is 1. The van der Waals surface area contributed by atoms with Crippen molar-refractivity contribution in [1.29, 1.82) is 0 Å². The molecule has 0 unspecified atom stereocenters. The lowest BCUT2D eigenvalue weighted by atomic mass is 9.90. The first-order chi connectivity index (χ1) is 15.0. The van der Waals surface area contributed by atoms with Crippen molar-refractivity contribution >= 4 is 34.4 Å². The van der Waals surface area contributed by atoms with Crippen molar-refractivity contribution in [2.75, 3.05) is 31.7 Å². The minimum atomic E-state index is -0.556. The summed E-state index contributed by atoms with van der Waals surface area (Å²) in [5.41, 5.74) is 2.35. The SMILES string of the molecule is CON(C)C(=O)C[C@@H]1N[C@H](CI)CCN(CC(c2ccccc2)c2ccccc2)C1=O. The first kappa shape index (κ1) is 23.7. The molecule has 0 radical (unpaired) electrons. The molecule has 7 heteroatoms. The molecule has 1 heterocycles. The summed E-state index contributed by atoms with van der Waals surface area (Å²) in [4.78, 5) is 32.9. The van der Waals surface area contributed by atoms with Crippen molar-refractivity contribution in [1.82, 2.24) is 15.3 Å². The monoisotopic (exact) mass is 535 g/mol. The standard InChI is InChI=1S/C24H30IN3O3/c1-27(31-2)23(29)15-22-24(30)28(14-13-20(16-25)26-22)17-21(18-9-5-3-6-10-18)19-11-7-4-8-12-19/h3-12,20-22,26H,13-17H2,1-2H3/t20-,22-/m0/s1. The van der Waals surface area contributed by atoms with Gasteiger partial charge in [0.15, 0.2) is 0 Å². The summed E-state index contributed by atoms with van der Waals surface area (Å²) in [6, 6.07) is 20.2. The molecule has 2 amide bonds. The maximum atomic E-state index is 13.5. The Kier molecular flexibility index (Phi) is 8.86. The second kappa shape index (κ2) is 11.6. The van der Waals surface area contributed by atoms with Crippen molar-refractivity contribution in [3.05, 3.63) is 71.8 Å². The number of halogens is 1. The minimum absolute atomic E-state index is 0.0259. The van der Waals surface area contributed by atoms with Crippen LogP contribution >= 0.6 is 22.6 Å². The molecule has 1 N–H and O–H groups in total. The lowest BCUT2D eigenvalue weighted by Gasteiger charge is -2.29. The average molecular weight is 535 g/mol. The van der Waals surface area contributed by atoms with E-state index in [1.807, 2.05) is 41.3 Å². The van der Waals surface area contributed by atoms with Gasteiger partial charge in [-0.2, -0.15) is 0 Å². The number of hydroxylamine groups is 2. The van der Waals surface area contributed by atoms with E-state index >= 15 is 0 Å². The van der Waals surface area contributed by atoms with Gasteiger partial charge in [0.25, 0.3) is 0 Å². The summed E-state index contributed by atoms with van der Waals surface area (Å²) in [6.07, 6.45) is 0.934. The van der Waals surface area contributed by atoms with Crippen LogP contribution in [-0.2, 0) is 14.4 Å². The molecule has 0 spiro atoms. The summed E-state index contributed by atoms with van der Waals surface area (Å²) in [5.74, 6) is -0.173. The number of benzene rings is 2. The number of nitrogens with zero attached hydrogens (tertiary/aromatic N) is 2. The van der Waals surface area contributed by atoms with Gasteiger partial charge in [-0.05, 0) is 17.5 Å². The van der Waals surface area contributed by atoms with Crippen LogP contribution in [-0.4, -0.2) is 65.5 Å². The van der Waals surface area contributed by atoms with Gasteiger partial charge in [0.05, 0.1) is 19.6 Å². The highest BCUT2D eigenvalue weighted by molar-refractivity contribution is 14.1. The number of amides is 2. The molecule has 1 aliphatic heterocycles. The van der Waals surface area contributed by atoms with Crippen molar-refractivity contribution in [3.63, 3.8) is 0 Å². The maximum absolute atomic E-state index is 13.5. The van der Waals surface area contributed by atoms with Crippen molar-refractivity contribution < 1.29 is 14.4 Å². The van der Waals surface area contributed by atoms with Gasteiger partial charge in [0, 0.05) is 36.5 Å². The zero-order valence-corrected chi connectivity index (χ0v) is 20.2. The van der Waals surface area contributed by atoms with E-state index in [-0.39, 0.29) is 30.2 Å². The summed E-state index contributed by atoms with van der Waals surface area (Å²) < 4.78 is 0.879. The molecule has 6 nitrogen and oxygen atoms in total. The number of alkyl halides is 1. The van der Waals surface area contributed by atoms with E-state index in [9.17, 15) is 9.59 Å². The third kappa shape index (κ3) is 6.27. The third-order valence-corrected chi connectivity index (χ3v) is 6.85. The first-order valence-electron chi connectivity index (χ1n) is 10.5. The Morgan fingerprint density at radius 3 is 2.26 bits per heavy atom. The van der Waals surface area contributed by atoms with Crippen LogP contribution in [0.3, 0.4) is 0 Å². The fourth-order valence-corrected chi connectivity index (χ4v) is 4.62. The van der Waals surface area contributed by atoms with Gasteiger partial charge in [0.1, 0.15) is 0 Å². The zero-order valence-electron chi connectivity index (χ0n) is 18.0. The molecule has 1 aliphatic rings. The second-order valence-corrected chi connectivity index (χ2v) is 8.68. The second-order valence-electron chi connectivity index (χ2n) is 7.80. The van der Waals surface area contributed by atoms with E-state index in [1.165, 1.54) is 23.3 Å². The Morgan fingerprint density at radius 2 is 1.74 bits per heavy atom. The number of carbonyl (C=O) groups is 2. The summed E-state index contributed by atoms with van der Waals surface area (Å²) in [5, 5.41) is 4.59. The summed E-state index contributed by atoms with van der Waals surface area (Å²) in [7, 11) is 3.02. The van der Waals surface area contributed by atoms with E-state index in [4.69, 9.17) is 4.84 Å². The summed E-state index contributed by atoms with van der Waals surface area (Å²) in [6.45, 7) is 1.24. The van der Waals surface area contributed by atoms with Crippen LogP contribution in [0.4, 0.5) is 0 Å². The molecule has 166 valence electrons. The van der Waals surface area contributed by atoms with Crippen molar-refractivity contribution in [3.8, 4) is 0 Å². The largest absolute Gasteiger partial charge is 0.340 e. The molecule has 0 saturated carbocycles. The highest BCUT2D eigenvalue weighted by Crippen LogP contribution is 2.27. The van der Waals surface area contributed by atoms with E-state index in [0.29, 0.717) is 13.1 Å². The van der Waals surface area contributed by atoms with Gasteiger partial charge in [-0.15, -0.1) is 0 Å². The Morgan fingerprint density at radius 1 is 1.16 bits per heavy atom. The van der Waals surface area contributed by atoms with E-state index < -0.39 is 6.04 Å². The lowest BCUT2D eigenvalue weighted by molar-refractivity contribution is -0.170. The molecule has 2 atom stereocenters.